The van der Waals surface area contributed by atoms with Crippen molar-refractivity contribution in [1.82, 2.24) is 14.2 Å². The Labute approximate surface area is 211 Å². The average molecular weight is 548 g/mol. The number of para-hydroxylation sites is 1. The van der Waals surface area contributed by atoms with Crippen molar-refractivity contribution in [1.29, 1.82) is 0 Å². The summed E-state index contributed by atoms with van der Waals surface area (Å²) in [6, 6.07) is 7.79. The van der Waals surface area contributed by atoms with E-state index < -0.39 is 16.1 Å². The van der Waals surface area contributed by atoms with Crippen LogP contribution in [0.1, 0.15) is 19.3 Å². The first kappa shape index (κ1) is 24.8. The number of carbonyl (C=O) groups is 1. The Hall–Kier alpha value is -1.27. The lowest BCUT2D eigenvalue weighted by molar-refractivity contribution is -0.123. The number of hydrogen-bond acceptors (Lipinski definition) is 7. The van der Waals surface area contributed by atoms with Crippen molar-refractivity contribution in [3.8, 4) is 0 Å². The Morgan fingerprint density at radius 2 is 1.94 bits per heavy atom. The summed E-state index contributed by atoms with van der Waals surface area (Å²) >= 11 is 14.7. The second-order valence-corrected chi connectivity index (χ2v) is 13.3. The largest absolute Gasteiger partial charge is 0.308 e. The number of fused-ring (bicyclic) bond motifs is 1. The summed E-state index contributed by atoms with van der Waals surface area (Å²) < 4.78 is 29.5. The molecule has 0 spiro atoms. The number of likely N-dealkylation sites (N-methyl/N-ethyl adjacent to an activating group) is 1. The van der Waals surface area contributed by atoms with Gasteiger partial charge in [0.1, 0.15) is 15.8 Å². The lowest BCUT2D eigenvalue weighted by Crippen LogP contribution is -2.53. The number of thiophene rings is 1. The van der Waals surface area contributed by atoms with Crippen LogP contribution < -0.4 is 4.90 Å². The maximum absolute atomic E-state index is 13.9. The van der Waals surface area contributed by atoms with Gasteiger partial charge in [-0.25, -0.2) is 13.4 Å². The van der Waals surface area contributed by atoms with Gasteiger partial charge in [-0.1, -0.05) is 47.0 Å². The molecule has 178 valence electrons. The Bertz CT molecular complexity index is 1260. The Morgan fingerprint density at radius 1 is 1.15 bits per heavy atom. The summed E-state index contributed by atoms with van der Waals surface area (Å²) in [5.41, 5.74) is 0.642. The van der Waals surface area contributed by atoms with Gasteiger partial charge in [-0.15, -0.1) is 11.3 Å². The molecular weight excluding hydrogens is 523 g/mol. The monoisotopic (exact) mass is 546 g/mol. The van der Waals surface area contributed by atoms with E-state index in [4.69, 9.17) is 23.2 Å². The van der Waals surface area contributed by atoms with Crippen molar-refractivity contribution in [3.63, 3.8) is 0 Å². The lowest BCUT2D eigenvalue weighted by atomic mass is 10.0. The van der Waals surface area contributed by atoms with Gasteiger partial charge < -0.3 is 4.90 Å². The molecule has 3 aromatic rings. The summed E-state index contributed by atoms with van der Waals surface area (Å²) in [7, 11) is 0.0104. The first-order chi connectivity index (χ1) is 15.7. The molecule has 7 nitrogen and oxygen atoms in total. The fourth-order valence-corrected chi connectivity index (χ4v) is 8.35. The summed E-state index contributed by atoms with van der Waals surface area (Å²) in [6.07, 6.45) is 1.94. The maximum Gasteiger partial charge on any atom is 0.253 e. The van der Waals surface area contributed by atoms with Crippen LogP contribution in [-0.4, -0.2) is 68.3 Å². The van der Waals surface area contributed by atoms with Crippen molar-refractivity contribution in [2.45, 2.75) is 29.5 Å². The van der Waals surface area contributed by atoms with Crippen molar-refractivity contribution in [3.05, 3.63) is 39.7 Å². The van der Waals surface area contributed by atoms with Gasteiger partial charge in [-0.05, 0) is 51.2 Å². The first-order valence-electron chi connectivity index (χ1n) is 10.5. The van der Waals surface area contributed by atoms with Gasteiger partial charge in [-0.3, -0.25) is 9.69 Å². The highest BCUT2D eigenvalue weighted by molar-refractivity contribution is 7.91. The van der Waals surface area contributed by atoms with Crippen LogP contribution in [0.3, 0.4) is 0 Å². The molecule has 1 aliphatic heterocycles. The van der Waals surface area contributed by atoms with E-state index in [1.807, 2.05) is 31.1 Å². The molecule has 4 rings (SSSR count). The van der Waals surface area contributed by atoms with Gasteiger partial charge in [0, 0.05) is 19.6 Å². The zero-order valence-corrected chi connectivity index (χ0v) is 22.2. The molecule has 0 N–H and O–H groups in total. The number of nitrogens with zero attached hydrogens (tertiary/aromatic N) is 4. The van der Waals surface area contributed by atoms with Gasteiger partial charge in [0.05, 0.1) is 14.1 Å². The summed E-state index contributed by atoms with van der Waals surface area (Å²) in [6.45, 7) is 1.29. The molecule has 0 radical (unpaired) electrons. The van der Waals surface area contributed by atoms with Crippen molar-refractivity contribution < 1.29 is 13.2 Å². The zero-order valence-electron chi connectivity index (χ0n) is 18.2. The average Bonchev–Trinajstić information content (AvgIpc) is 3.41. The van der Waals surface area contributed by atoms with E-state index in [-0.39, 0.29) is 10.1 Å². The lowest BCUT2D eigenvalue weighted by Gasteiger charge is -2.36. The minimum atomic E-state index is -3.84. The molecule has 1 unspecified atom stereocenters. The van der Waals surface area contributed by atoms with Crippen LogP contribution in [0.4, 0.5) is 5.13 Å². The first-order valence-corrected chi connectivity index (χ1v) is 14.3. The number of hydrogen-bond donors (Lipinski definition) is 0. The molecule has 1 amide bonds. The molecule has 1 fully saturated rings. The third-order valence-electron chi connectivity index (χ3n) is 5.48. The van der Waals surface area contributed by atoms with Gasteiger partial charge in [0.2, 0.25) is 5.91 Å². The van der Waals surface area contributed by atoms with Crippen LogP contribution in [0.2, 0.25) is 9.36 Å². The molecule has 0 saturated carbocycles. The molecular formula is C21H24Cl2N4O3S3. The number of carbonyl (C=O) groups excluding carboxylic acids is 1. The molecule has 1 atom stereocenters. The second kappa shape index (κ2) is 10.2. The number of piperidine rings is 1. The molecule has 0 aliphatic carbocycles. The van der Waals surface area contributed by atoms with Crippen molar-refractivity contribution in [2.75, 3.05) is 38.6 Å². The summed E-state index contributed by atoms with van der Waals surface area (Å²) in [5, 5.41) is 1.04. The molecule has 1 saturated heterocycles. The third-order valence-corrected chi connectivity index (χ3v) is 10.4. The van der Waals surface area contributed by atoms with Gasteiger partial charge in [0.25, 0.3) is 10.0 Å². The van der Waals surface area contributed by atoms with Crippen LogP contribution in [0.5, 0.6) is 0 Å². The number of thiazole rings is 1. The number of rotatable bonds is 7. The SMILES string of the molecule is CN(C)CCN(C(=O)C1CCCCN1S(=O)(=O)c1ccc(Cl)s1)c1nc2c(Cl)cccc2s1. The summed E-state index contributed by atoms with van der Waals surface area (Å²) in [5.74, 6) is -0.266. The predicted molar refractivity (Wildman–Crippen MR) is 136 cm³/mol. The van der Waals surface area contributed by atoms with E-state index in [0.29, 0.717) is 52.5 Å². The zero-order chi connectivity index (χ0) is 23.8. The molecule has 0 bridgehead atoms. The van der Waals surface area contributed by atoms with Crippen LogP contribution in [0.25, 0.3) is 10.2 Å². The molecule has 12 heteroatoms. The molecule has 1 aromatic carbocycles. The number of sulfonamides is 1. The molecule has 2 aromatic heterocycles. The third kappa shape index (κ3) is 5.22. The molecule has 1 aliphatic rings. The Balaban J connectivity index is 1.71. The maximum atomic E-state index is 13.9. The van der Waals surface area contributed by atoms with Gasteiger partial charge in [-0.2, -0.15) is 4.31 Å². The fourth-order valence-electron chi connectivity index (χ4n) is 3.79. The van der Waals surface area contributed by atoms with Crippen molar-refractivity contribution >= 4 is 77.2 Å². The van der Waals surface area contributed by atoms with E-state index in [1.54, 1.807) is 17.0 Å². The Kier molecular flexibility index (Phi) is 7.64. The Morgan fingerprint density at radius 3 is 2.61 bits per heavy atom. The van der Waals surface area contributed by atoms with Crippen LogP contribution in [0, 0.1) is 0 Å². The van der Waals surface area contributed by atoms with Crippen LogP contribution in [-0.2, 0) is 14.8 Å². The van der Waals surface area contributed by atoms with Crippen LogP contribution in [0.15, 0.2) is 34.5 Å². The highest BCUT2D eigenvalue weighted by Gasteiger charge is 2.41. The van der Waals surface area contributed by atoms with E-state index in [9.17, 15) is 13.2 Å². The minimum Gasteiger partial charge on any atom is -0.308 e. The number of halogens is 2. The van der Waals surface area contributed by atoms with E-state index in [2.05, 4.69) is 4.98 Å². The molecule has 33 heavy (non-hydrogen) atoms. The highest BCUT2D eigenvalue weighted by atomic mass is 35.5. The van der Waals surface area contributed by atoms with E-state index in [0.717, 1.165) is 22.5 Å². The number of anilines is 1. The van der Waals surface area contributed by atoms with E-state index >= 15 is 0 Å². The van der Waals surface area contributed by atoms with Crippen molar-refractivity contribution in [2.24, 2.45) is 0 Å². The van der Waals surface area contributed by atoms with Gasteiger partial charge >= 0.3 is 0 Å². The smallest absolute Gasteiger partial charge is 0.253 e. The quantitative estimate of drug-likeness (QED) is 0.425. The van der Waals surface area contributed by atoms with Crippen LogP contribution >= 0.6 is 45.9 Å². The standard InChI is InChI=1S/C21H24Cl2N4O3S3/c1-25(2)12-13-26(21-24-19-14(22)6-5-8-16(19)31-21)20(28)15-7-3-4-11-27(15)33(29,30)18-10-9-17(23)32-18/h5-6,8-10,15H,3-4,7,11-13H2,1-2H3. The number of aromatic nitrogens is 1. The molecule has 3 heterocycles. The number of benzene rings is 1. The van der Waals surface area contributed by atoms with Gasteiger partial charge in [0.15, 0.2) is 5.13 Å². The normalized spacial score (nSPS) is 17.7. The van der Waals surface area contributed by atoms with E-state index in [1.165, 1.54) is 21.7 Å². The number of amides is 1. The highest BCUT2D eigenvalue weighted by Crippen LogP contribution is 2.36. The summed E-state index contributed by atoms with van der Waals surface area (Å²) in [4.78, 5) is 22.1. The minimum absolute atomic E-state index is 0.152. The topological polar surface area (TPSA) is 73.8 Å². The fraction of sp³-hybridized carbons (Fsp3) is 0.429. The predicted octanol–water partition coefficient (Wildman–Crippen LogP) is 4.80. The second-order valence-electron chi connectivity index (χ2n) is 8.06.